The summed E-state index contributed by atoms with van der Waals surface area (Å²) in [6, 6.07) is 0. The fourth-order valence-corrected chi connectivity index (χ4v) is 4.93. The molecule has 0 aromatic rings. The lowest BCUT2D eigenvalue weighted by Crippen LogP contribution is -2.40. The molecular weight excluding hydrogens is 340 g/mol. The van der Waals surface area contributed by atoms with Gasteiger partial charge in [-0.15, -0.1) is 0 Å². The van der Waals surface area contributed by atoms with Gasteiger partial charge in [-0.25, -0.2) is 0 Å². The highest BCUT2D eigenvalue weighted by Crippen LogP contribution is 2.42. The number of hydrogen-bond donors (Lipinski definition) is 0. The topological polar surface area (TPSA) is 9.23 Å². The quantitative estimate of drug-likeness (QED) is 0.237. The largest absolute Gasteiger partial charge is 0.374 e. The molecule has 0 aromatic heterocycles. The highest BCUT2D eigenvalue weighted by atomic mass is 16.5. The molecule has 1 saturated carbocycles. The van der Waals surface area contributed by atoms with Gasteiger partial charge in [-0.05, 0) is 30.6 Å². The molecule has 0 amide bonds. The first-order valence-electron chi connectivity index (χ1n) is 13.0. The van der Waals surface area contributed by atoms with Crippen LogP contribution in [-0.2, 0) is 4.74 Å². The maximum Gasteiger partial charge on any atom is 0.0685 e. The molecule has 0 aliphatic heterocycles. The molecule has 0 saturated heterocycles. The molecular formula is C27H54O. The molecule has 1 nitrogen and oxygen atoms in total. The highest BCUT2D eigenvalue weighted by molar-refractivity contribution is 4.89. The number of ether oxygens (including phenoxy) is 1. The molecule has 0 heterocycles. The van der Waals surface area contributed by atoms with Crippen molar-refractivity contribution in [1.29, 1.82) is 0 Å². The summed E-state index contributed by atoms with van der Waals surface area (Å²) in [7, 11) is 0. The van der Waals surface area contributed by atoms with E-state index in [4.69, 9.17) is 4.74 Å². The van der Waals surface area contributed by atoms with Crippen LogP contribution in [0.25, 0.3) is 0 Å². The second-order valence-electron chi connectivity index (χ2n) is 11.1. The van der Waals surface area contributed by atoms with Crippen LogP contribution < -0.4 is 0 Å². The first-order chi connectivity index (χ1) is 13.4. The van der Waals surface area contributed by atoms with E-state index in [0.29, 0.717) is 0 Å². The van der Waals surface area contributed by atoms with Crippen LogP contribution >= 0.6 is 0 Å². The van der Waals surface area contributed by atoms with Crippen molar-refractivity contribution in [2.75, 3.05) is 6.61 Å². The van der Waals surface area contributed by atoms with Crippen LogP contribution in [0.1, 0.15) is 150 Å². The molecule has 1 heteroatoms. The monoisotopic (exact) mass is 394 g/mol. The minimum Gasteiger partial charge on any atom is -0.374 e. The van der Waals surface area contributed by atoms with Gasteiger partial charge in [0.05, 0.1) is 12.2 Å². The summed E-state index contributed by atoms with van der Waals surface area (Å²) in [5.41, 5.74) is 0.476. The third kappa shape index (κ3) is 12.5. The smallest absolute Gasteiger partial charge is 0.0685 e. The molecule has 1 aliphatic rings. The van der Waals surface area contributed by atoms with Crippen LogP contribution in [-0.4, -0.2) is 12.2 Å². The summed E-state index contributed by atoms with van der Waals surface area (Å²) in [5, 5.41) is 0. The molecule has 2 atom stereocenters. The van der Waals surface area contributed by atoms with E-state index in [1.165, 1.54) is 116 Å². The molecule has 0 bridgehead atoms. The lowest BCUT2D eigenvalue weighted by molar-refractivity contribution is -0.112. The van der Waals surface area contributed by atoms with Crippen LogP contribution in [0.4, 0.5) is 0 Å². The van der Waals surface area contributed by atoms with E-state index in [2.05, 4.69) is 34.6 Å². The average Bonchev–Trinajstić information content (AvgIpc) is 2.66. The van der Waals surface area contributed by atoms with E-state index < -0.39 is 0 Å². The first-order valence-corrected chi connectivity index (χ1v) is 13.0. The zero-order valence-corrected chi connectivity index (χ0v) is 20.4. The average molecular weight is 395 g/mol. The molecule has 28 heavy (non-hydrogen) atoms. The van der Waals surface area contributed by atoms with Gasteiger partial charge in [-0.1, -0.05) is 131 Å². The van der Waals surface area contributed by atoms with Crippen molar-refractivity contribution in [3.8, 4) is 0 Å². The van der Waals surface area contributed by atoms with E-state index in [1.807, 2.05) is 0 Å². The van der Waals surface area contributed by atoms with Crippen LogP contribution in [0.15, 0.2) is 0 Å². The van der Waals surface area contributed by atoms with E-state index in [0.717, 1.165) is 12.5 Å². The van der Waals surface area contributed by atoms with E-state index in [9.17, 15) is 0 Å². The standard InChI is InChI=1S/C27H54O/c1-6-8-10-12-14-16-19-25-20-18-22-27(23-25,28-24-26(3,4)5)21-17-15-13-11-9-7-2/h25H,6-24H2,1-5H3. The van der Waals surface area contributed by atoms with Gasteiger partial charge in [0.15, 0.2) is 0 Å². The van der Waals surface area contributed by atoms with Crippen LogP contribution in [0.3, 0.4) is 0 Å². The third-order valence-electron chi connectivity index (χ3n) is 6.67. The lowest BCUT2D eigenvalue weighted by Gasteiger charge is -2.43. The van der Waals surface area contributed by atoms with Crippen LogP contribution in [0.2, 0.25) is 0 Å². The van der Waals surface area contributed by atoms with Crippen LogP contribution in [0.5, 0.6) is 0 Å². The van der Waals surface area contributed by atoms with Gasteiger partial charge in [0, 0.05) is 0 Å². The lowest BCUT2D eigenvalue weighted by atomic mass is 9.73. The van der Waals surface area contributed by atoms with Crippen molar-refractivity contribution in [3.05, 3.63) is 0 Å². The zero-order valence-electron chi connectivity index (χ0n) is 20.4. The summed E-state index contributed by atoms with van der Waals surface area (Å²) in [6.45, 7) is 12.5. The maximum atomic E-state index is 6.75. The second kappa shape index (κ2) is 14.9. The molecule has 2 unspecified atom stereocenters. The van der Waals surface area contributed by atoms with E-state index in [1.54, 1.807) is 0 Å². The Morgan fingerprint density at radius 3 is 1.96 bits per heavy atom. The fourth-order valence-electron chi connectivity index (χ4n) is 4.93. The predicted octanol–water partition coefficient (Wildman–Crippen LogP) is 9.48. The Bertz CT molecular complexity index is 356. The molecule has 168 valence electrons. The van der Waals surface area contributed by atoms with Gasteiger partial charge >= 0.3 is 0 Å². The minimum atomic E-state index is 0.198. The molecule has 0 aromatic carbocycles. The predicted molar refractivity (Wildman–Crippen MR) is 126 cm³/mol. The Balaban J connectivity index is 2.45. The van der Waals surface area contributed by atoms with Gasteiger partial charge in [-0.2, -0.15) is 0 Å². The number of rotatable bonds is 16. The number of unbranched alkanes of at least 4 members (excludes halogenated alkanes) is 10. The molecule has 1 aliphatic carbocycles. The fraction of sp³-hybridized carbons (Fsp3) is 1.00. The molecule has 0 radical (unpaired) electrons. The summed E-state index contributed by atoms with van der Waals surface area (Å²) in [5.74, 6) is 0.917. The van der Waals surface area contributed by atoms with E-state index in [-0.39, 0.29) is 11.0 Å². The summed E-state index contributed by atoms with van der Waals surface area (Å²) < 4.78 is 6.75. The second-order valence-corrected chi connectivity index (χ2v) is 11.1. The Morgan fingerprint density at radius 2 is 1.36 bits per heavy atom. The summed E-state index contributed by atoms with van der Waals surface area (Å²) in [6.07, 6.45) is 25.2. The Morgan fingerprint density at radius 1 is 0.786 bits per heavy atom. The first kappa shape index (κ1) is 26.0. The molecule has 0 spiro atoms. The van der Waals surface area contributed by atoms with E-state index >= 15 is 0 Å². The highest BCUT2D eigenvalue weighted by Gasteiger charge is 2.37. The summed E-state index contributed by atoms with van der Waals surface area (Å²) in [4.78, 5) is 0. The molecule has 1 fully saturated rings. The van der Waals surface area contributed by atoms with Crippen molar-refractivity contribution < 1.29 is 4.74 Å². The van der Waals surface area contributed by atoms with Gasteiger partial charge < -0.3 is 4.74 Å². The van der Waals surface area contributed by atoms with Crippen molar-refractivity contribution in [2.24, 2.45) is 11.3 Å². The zero-order chi connectivity index (χ0) is 20.7. The van der Waals surface area contributed by atoms with Crippen molar-refractivity contribution >= 4 is 0 Å². The maximum absolute atomic E-state index is 6.75. The van der Waals surface area contributed by atoms with Crippen molar-refractivity contribution in [1.82, 2.24) is 0 Å². The third-order valence-corrected chi connectivity index (χ3v) is 6.67. The molecule has 0 N–H and O–H groups in total. The van der Waals surface area contributed by atoms with Gasteiger partial charge in [-0.3, -0.25) is 0 Å². The van der Waals surface area contributed by atoms with Gasteiger partial charge in [0.1, 0.15) is 0 Å². The Labute approximate surface area is 178 Å². The SMILES string of the molecule is CCCCCCCCC1CCCC(CCCCCCCC)(OCC(C)(C)C)C1. The number of hydrogen-bond acceptors (Lipinski definition) is 1. The normalized spacial score (nSPS) is 23.2. The Kier molecular flexibility index (Phi) is 13.8. The Hall–Kier alpha value is -0.0400. The van der Waals surface area contributed by atoms with Crippen molar-refractivity contribution in [2.45, 2.75) is 156 Å². The van der Waals surface area contributed by atoms with Crippen molar-refractivity contribution in [3.63, 3.8) is 0 Å². The molecule has 1 rings (SSSR count). The van der Waals surface area contributed by atoms with Gasteiger partial charge in [0.2, 0.25) is 0 Å². The minimum absolute atomic E-state index is 0.198. The van der Waals surface area contributed by atoms with Crippen LogP contribution in [0, 0.1) is 11.3 Å². The summed E-state index contributed by atoms with van der Waals surface area (Å²) >= 11 is 0. The van der Waals surface area contributed by atoms with Gasteiger partial charge in [0.25, 0.3) is 0 Å².